The highest BCUT2D eigenvalue weighted by Gasteiger charge is 2.40. The molecule has 19 heavy (non-hydrogen) atoms. The predicted molar refractivity (Wildman–Crippen MR) is 73.6 cm³/mol. The number of carbonyl (C=O) groups is 2. The van der Waals surface area contributed by atoms with Crippen molar-refractivity contribution in [2.75, 3.05) is 26.2 Å². The molecule has 0 spiro atoms. The van der Waals surface area contributed by atoms with Crippen LogP contribution in [-0.2, 0) is 9.59 Å². The highest BCUT2D eigenvalue weighted by Crippen LogP contribution is 2.30. The van der Waals surface area contributed by atoms with Crippen LogP contribution in [0, 0.1) is 5.41 Å². The molecule has 2 rings (SSSR count). The van der Waals surface area contributed by atoms with Crippen molar-refractivity contribution in [3.05, 3.63) is 0 Å². The van der Waals surface area contributed by atoms with Crippen LogP contribution in [-0.4, -0.2) is 48.9 Å². The van der Waals surface area contributed by atoms with Gasteiger partial charge in [0.15, 0.2) is 0 Å². The Morgan fingerprint density at radius 3 is 2.53 bits per heavy atom. The van der Waals surface area contributed by atoms with Crippen LogP contribution in [0.4, 0.5) is 0 Å². The largest absolute Gasteiger partial charge is 0.353 e. The molecule has 2 saturated heterocycles. The van der Waals surface area contributed by atoms with E-state index >= 15 is 0 Å². The molecule has 2 N–H and O–H groups in total. The standard InChI is InChI=1S/C14H25N3O2/c1-3-14(6-7-15-10-14)13(19)16-12-4-8-17(9-5-12)11(2)18/h12,15H,3-10H2,1-2H3,(H,16,19). The molecule has 0 aromatic rings. The summed E-state index contributed by atoms with van der Waals surface area (Å²) in [7, 11) is 0. The molecule has 108 valence electrons. The highest BCUT2D eigenvalue weighted by atomic mass is 16.2. The van der Waals surface area contributed by atoms with E-state index in [1.54, 1.807) is 6.92 Å². The molecule has 0 aromatic carbocycles. The molecular weight excluding hydrogens is 242 g/mol. The van der Waals surface area contributed by atoms with Gasteiger partial charge in [0.2, 0.25) is 11.8 Å². The third kappa shape index (κ3) is 3.08. The van der Waals surface area contributed by atoms with Gasteiger partial charge in [0.1, 0.15) is 0 Å². The van der Waals surface area contributed by atoms with Gasteiger partial charge in [-0.25, -0.2) is 0 Å². The molecule has 5 heteroatoms. The molecule has 0 radical (unpaired) electrons. The molecule has 0 saturated carbocycles. The summed E-state index contributed by atoms with van der Waals surface area (Å²) in [6.45, 7) is 6.95. The maximum atomic E-state index is 12.5. The topological polar surface area (TPSA) is 61.4 Å². The van der Waals surface area contributed by atoms with Crippen LogP contribution in [0.5, 0.6) is 0 Å². The van der Waals surface area contributed by atoms with Crippen molar-refractivity contribution >= 4 is 11.8 Å². The number of likely N-dealkylation sites (tertiary alicyclic amines) is 1. The normalized spacial score (nSPS) is 28.4. The summed E-state index contributed by atoms with van der Waals surface area (Å²) >= 11 is 0. The van der Waals surface area contributed by atoms with Crippen molar-refractivity contribution in [3.63, 3.8) is 0 Å². The van der Waals surface area contributed by atoms with Crippen LogP contribution >= 0.6 is 0 Å². The van der Waals surface area contributed by atoms with E-state index in [0.29, 0.717) is 0 Å². The second-order valence-electron chi connectivity index (χ2n) is 5.81. The summed E-state index contributed by atoms with van der Waals surface area (Å²) < 4.78 is 0. The zero-order valence-corrected chi connectivity index (χ0v) is 12.0. The fraction of sp³-hybridized carbons (Fsp3) is 0.857. The minimum atomic E-state index is -0.211. The summed E-state index contributed by atoms with van der Waals surface area (Å²) in [6, 6.07) is 0.229. The lowest BCUT2D eigenvalue weighted by molar-refractivity contribution is -0.132. The van der Waals surface area contributed by atoms with Crippen molar-refractivity contribution in [1.29, 1.82) is 0 Å². The number of nitrogens with one attached hydrogen (secondary N) is 2. The fourth-order valence-electron chi connectivity index (χ4n) is 3.08. The number of amides is 2. The lowest BCUT2D eigenvalue weighted by Gasteiger charge is -2.34. The lowest BCUT2D eigenvalue weighted by atomic mass is 9.83. The maximum Gasteiger partial charge on any atom is 0.227 e. The third-order valence-electron chi connectivity index (χ3n) is 4.68. The second-order valence-corrected chi connectivity index (χ2v) is 5.81. The van der Waals surface area contributed by atoms with Crippen LogP contribution in [0.1, 0.15) is 39.5 Å². The van der Waals surface area contributed by atoms with Gasteiger partial charge in [-0.15, -0.1) is 0 Å². The zero-order valence-electron chi connectivity index (χ0n) is 12.0. The summed E-state index contributed by atoms with van der Waals surface area (Å²) in [5, 5.41) is 6.49. The molecule has 2 aliphatic heterocycles. The number of piperidine rings is 1. The van der Waals surface area contributed by atoms with Crippen molar-refractivity contribution < 1.29 is 9.59 Å². The van der Waals surface area contributed by atoms with Crippen LogP contribution in [0.2, 0.25) is 0 Å². The average molecular weight is 267 g/mol. The maximum absolute atomic E-state index is 12.5. The molecular formula is C14H25N3O2. The Balaban J connectivity index is 1.85. The summed E-state index contributed by atoms with van der Waals surface area (Å²) in [5.74, 6) is 0.330. The third-order valence-corrected chi connectivity index (χ3v) is 4.68. The van der Waals surface area contributed by atoms with E-state index < -0.39 is 0 Å². The first-order valence-corrected chi connectivity index (χ1v) is 7.34. The number of rotatable bonds is 3. The van der Waals surface area contributed by atoms with Gasteiger partial charge in [-0.2, -0.15) is 0 Å². The van der Waals surface area contributed by atoms with Crippen molar-refractivity contribution in [2.24, 2.45) is 5.41 Å². The van der Waals surface area contributed by atoms with Gasteiger partial charge in [0.05, 0.1) is 5.41 Å². The molecule has 1 unspecified atom stereocenters. The average Bonchev–Trinajstić information content (AvgIpc) is 2.89. The van der Waals surface area contributed by atoms with E-state index in [2.05, 4.69) is 17.6 Å². The van der Waals surface area contributed by atoms with Crippen molar-refractivity contribution in [2.45, 2.75) is 45.6 Å². The molecule has 2 aliphatic rings. The van der Waals surface area contributed by atoms with E-state index in [1.165, 1.54) is 0 Å². The molecule has 2 heterocycles. The Labute approximate surface area is 115 Å². The van der Waals surface area contributed by atoms with E-state index in [-0.39, 0.29) is 23.3 Å². The zero-order chi connectivity index (χ0) is 13.9. The van der Waals surface area contributed by atoms with E-state index in [1.807, 2.05) is 4.90 Å². The summed E-state index contributed by atoms with van der Waals surface area (Å²) in [5.41, 5.74) is -0.211. The SMILES string of the molecule is CCC1(C(=O)NC2CCN(C(C)=O)CC2)CCNC1. The molecule has 0 aromatic heterocycles. The number of hydrogen-bond donors (Lipinski definition) is 2. The van der Waals surface area contributed by atoms with Gasteiger partial charge >= 0.3 is 0 Å². The van der Waals surface area contributed by atoms with Gasteiger partial charge in [-0.3, -0.25) is 9.59 Å². The summed E-state index contributed by atoms with van der Waals surface area (Å²) in [4.78, 5) is 25.6. The fourth-order valence-corrected chi connectivity index (χ4v) is 3.08. The Morgan fingerprint density at radius 1 is 1.37 bits per heavy atom. The lowest BCUT2D eigenvalue weighted by Crippen LogP contribution is -2.50. The van der Waals surface area contributed by atoms with Crippen LogP contribution in [0.15, 0.2) is 0 Å². The van der Waals surface area contributed by atoms with Gasteiger partial charge in [-0.1, -0.05) is 6.92 Å². The van der Waals surface area contributed by atoms with Gasteiger partial charge in [-0.05, 0) is 32.2 Å². The first-order chi connectivity index (χ1) is 9.07. The van der Waals surface area contributed by atoms with E-state index in [0.717, 1.165) is 51.9 Å². The van der Waals surface area contributed by atoms with Crippen LogP contribution in [0.3, 0.4) is 0 Å². The van der Waals surface area contributed by atoms with Gasteiger partial charge < -0.3 is 15.5 Å². The Hall–Kier alpha value is -1.10. The highest BCUT2D eigenvalue weighted by molar-refractivity contribution is 5.83. The molecule has 0 aliphatic carbocycles. The molecule has 1 atom stereocenters. The van der Waals surface area contributed by atoms with Gasteiger partial charge in [0, 0.05) is 32.6 Å². The Bertz CT molecular complexity index is 343. The number of carbonyl (C=O) groups excluding carboxylic acids is 2. The minimum Gasteiger partial charge on any atom is -0.353 e. The Morgan fingerprint density at radius 2 is 2.05 bits per heavy atom. The Kier molecular flexibility index (Phi) is 4.45. The quantitative estimate of drug-likeness (QED) is 0.783. The smallest absolute Gasteiger partial charge is 0.227 e. The molecule has 2 amide bonds. The number of hydrogen-bond acceptors (Lipinski definition) is 3. The molecule has 0 bridgehead atoms. The monoisotopic (exact) mass is 267 g/mol. The van der Waals surface area contributed by atoms with E-state index in [9.17, 15) is 9.59 Å². The second kappa shape index (κ2) is 5.90. The first-order valence-electron chi connectivity index (χ1n) is 7.34. The molecule has 2 fully saturated rings. The molecule has 5 nitrogen and oxygen atoms in total. The first kappa shape index (κ1) is 14.3. The van der Waals surface area contributed by atoms with E-state index in [4.69, 9.17) is 0 Å². The van der Waals surface area contributed by atoms with Crippen molar-refractivity contribution in [3.8, 4) is 0 Å². The van der Waals surface area contributed by atoms with Crippen molar-refractivity contribution in [1.82, 2.24) is 15.5 Å². The number of nitrogens with zero attached hydrogens (tertiary/aromatic N) is 1. The van der Waals surface area contributed by atoms with Gasteiger partial charge in [0.25, 0.3) is 0 Å². The predicted octanol–water partition coefficient (Wildman–Crippen LogP) is 0.503. The van der Waals surface area contributed by atoms with Crippen LogP contribution in [0.25, 0.3) is 0 Å². The van der Waals surface area contributed by atoms with Crippen LogP contribution < -0.4 is 10.6 Å². The minimum absolute atomic E-state index is 0.134. The summed E-state index contributed by atoms with van der Waals surface area (Å²) in [6.07, 6.45) is 3.57.